The van der Waals surface area contributed by atoms with Gasteiger partial charge in [-0.05, 0) is 109 Å². The van der Waals surface area contributed by atoms with Crippen LogP contribution in [-0.4, -0.2) is 39.9 Å². The zero-order chi connectivity index (χ0) is 30.0. The van der Waals surface area contributed by atoms with Gasteiger partial charge in [0.1, 0.15) is 24.7 Å². The van der Waals surface area contributed by atoms with Crippen LogP contribution in [0, 0.1) is 0 Å². The lowest BCUT2D eigenvalue weighted by Crippen LogP contribution is -2.39. The number of carbonyl (C=O) groups is 1. The minimum atomic E-state index is -4.06. The van der Waals surface area contributed by atoms with E-state index in [2.05, 4.69) is 10.5 Å². The molecular formula is C31H30ClN3O5S2. The third kappa shape index (κ3) is 8.51. The Kier molecular flexibility index (Phi) is 10.9. The van der Waals surface area contributed by atoms with Gasteiger partial charge in [0.25, 0.3) is 15.9 Å². The molecule has 0 bridgehead atoms. The highest BCUT2D eigenvalue weighted by atomic mass is 35.5. The van der Waals surface area contributed by atoms with Gasteiger partial charge in [-0.15, -0.1) is 11.8 Å². The molecule has 1 N–H and O–H groups in total. The molecule has 0 heterocycles. The highest BCUT2D eigenvalue weighted by molar-refractivity contribution is 7.98. The molecule has 42 heavy (non-hydrogen) atoms. The van der Waals surface area contributed by atoms with Crippen LogP contribution in [0.1, 0.15) is 18.1 Å². The average Bonchev–Trinajstić information content (AvgIpc) is 3.00. The summed E-state index contributed by atoms with van der Waals surface area (Å²) >= 11 is 7.52. The van der Waals surface area contributed by atoms with Crippen molar-refractivity contribution in [3.8, 4) is 11.5 Å². The van der Waals surface area contributed by atoms with Crippen molar-refractivity contribution in [1.82, 2.24) is 5.43 Å². The van der Waals surface area contributed by atoms with Crippen LogP contribution in [0.3, 0.4) is 0 Å². The molecule has 218 valence electrons. The number of amides is 1. The molecule has 0 saturated carbocycles. The van der Waals surface area contributed by atoms with Crippen molar-refractivity contribution in [3.63, 3.8) is 0 Å². The fourth-order valence-corrected chi connectivity index (χ4v) is 5.90. The van der Waals surface area contributed by atoms with Crippen LogP contribution in [0.2, 0.25) is 5.02 Å². The first-order chi connectivity index (χ1) is 20.3. The summed E-state index contributed by atoms with van der Waals surface area (Å²) in [6.07, 6.45) is 3.38. The van der Waals surface area contributed by atoms with E-state index in [1.54, 1.807) is 66.7 Å². The third-order valence-corrected chi connectivity index (χ3v) is 8.71. The lowest BCUT2D eigenvalue weighted by molar-refractivity contribution is -0.119. The van der Waals surface area contributed by atoms with E-state index in [1.807, 2.05) is 31.4 Å². The van der Waals surface area contributed by atoms with Gasteiger partial charge in [-0.1, -0.05) is 23.7 Å². The molecule has 11 heteroatoms. The van der Waals surface area contributed by atoms with Crippen LogP contribution in [0.5, 0.6) is 11.5 Å². The standard InChI is InChI=1S/C31H30ClN3O5S2/c1-3-39-27-13-9-26(10-14-27)35(42(37,38)30-17-15-29(41-2)16-18-30)21-31(36)34-33-20-23-7-11-28(12-8-23)40-22-24-5-4-6-25(32)19-24/h4-20H,3,21-22H2,1-2H3,(H,34,36)/b33-20-. The average molecular weight is 624 g/mol. The Balaban J connectivity index is 1.42. The number of nitrogens with one attached hydrogen (secondary N) is 1. The molecule has 0 atom stereocenters. The van der Waals surface area contributed by atoms with E-state index in [9.17, 15) is 13.2 Å². The maximum atomic E-state index is 13.6. The van der Waals surface area contributed by atoms with Gasteiger partial charge in [0.05, 0.1) is 23.4 Å². The van der Waals surface area contributed by atoms with E-state index in [0.717, 1.165) is 20.3 Å². The van der Waals surface area contributed by atoms with Gasteiger partial charge in [-0.25, -0.2) is 13.8 Å². The SMILES string of the molecule is CCOc1ccc(N(CC(=O)N/N=C\c2ccc(OCc3cccc(Cl)c3)cc2)S(=O)(=O)c2ccc(SC)cc2)cc1. The number of hydrogen-bond donors (Lipinski definition) is 1. The van der Waals surface area contributed by atoms with Gasteiger partial charge in [0.2, 0.25) is 0 Å². The molecule has 1 amide bonds. The van der Waals surface area contributed by atoms with Gasteiger partial charge < -0.3 is 9.47 Å². The number of hydrazone groups is 1. The maximum Gasteiger partial charge on any atom is 0.264 e. The molecular weight excluding hydrogens is 594 g/mol. The lowest BCUT2D eigenvalue weighted by Gasteiger charge is -2.24. The highest BCUT2D eigenvalue weighted by Crippen LogP contribution is 2.27. The largest absolute Gasteiger partial charge is 0.494 e. The zero-order valence-electron chi connectivity index (χ0n) is 23.1. The normalized spacial score (nSPS) is 11.3. The Bertz CT molecular complexity index is 1610. The van der Waals surface area contributed by atoms with Crippen LogP contribution in [0.15, 0.2) is 112 Å². The smallest absolute Gasteiger partial charge is 0.264 e. The first kappa shape index (κ1) is 31.0. The van der Waals surface area contributed by atoms with Crippen LogP contribution >= 0.6 is 23.4 Å². The molecule has 0 aliphatic rings. The number of hydrogen-bond acceptors (Lipinski definition) is 7. The number of carbonyl (C=O) groups excluding carboxylic acids is 1. The second kappa shape index (κ2) is 14.8. The number of ether oxygens (including phenoxy) is 2. The number of rotatable bonds is 13. The van der Waals surface area contributed by atoms with Crippen molar-refractivity contribution >= 4 is 51.2 Å². The molecule has 0 aliphatic heterocycles. The summed E-state index contributed by atoms with van der Waals surface area (Å²) in [6, 6.07) is 27.6. The maximum absolute atomic E-state index is 13.6. The number of sulfonamides is 1. The predicted octanol–water partition coefficient (Wildman–Crippen LogP) is 6.39. The van der Waals surface area contributed by atoms with Crippen molar-refractivity contribution < 1.29 is 22.7 Å². The Morgan fingerprint density at radius 2 is 1.62 bits per heavy atom. The van der Waals surface area contributed by atoms with Crippen molar-refractivity contribution in [2.45, 2.75) is 23.3 Å². The van der Waals surface area contributed by atoms with Gasteiger partial charge >= 0.3 is 0 Å². The summed E-state index contributed by atoms with van der Waals surface area (Å²) in [7, 11) is -4.06. The van der Waals surface area contributed by atoms with Crippen molar-refractivity contribution in [2.75, 3.05) is 23.7 Å². The first-order valence-electron chi connectivity index (χ1n) is 13.0. The molecule has 0 radical (unpaired) electrons. The number of thioether (sulfide) groups is 1. The molecule has 0 saturated heterocycles. The van der Waals surface area contributed by atoms with E-state index >= 15 is 0 Å². The van der Waals surface area contributed by atoms with E-state index in [1.165, 1.54) is 30.1 Å². The van der Waals surface area contributed by atoms with Crippen LogP contribution in [0.25, 0.3) is 0 Å². The van der Waals surface area contributed by atoms with E-state index < -0.39 is 22.5 Å². The summed E-state index contributed by atoms with van der Waals surface area (Å²) in [5, 5.41) is 4.66. The Morgan fingerprint density at radius 1 is 0.952 bits per heavy atom. The summed E-state index contributed by atoms with van der Waals surface area (Å²) in [5.41, 5.74) is 4.41. The zero-order valence-corrected chi connectivity index (χ0v) is 25.5. The number of benzene rings is 4. The van der Waals surface area contributed by atoms with Crippen molar-refractivity contribution in [3.05, 3.63) is 113 Å². The third-order valence-electron chi connectivity index (χ3n) is 5.95. The highest BCUT2D eigenvalue weighted by Gasteiger charge is 2.27. The second-order valence-electron chi connectivity index (χ2n) is 8.89. The second-order valence-corrected chi connectivity index (χ2v) is 12.1. The Morgan fingerprint density at radius 3 is 2.26 bits per heavy atom. The fraction of sp³-hybridized carbons (Fsp3) is 0.161. The van der Waals surface area contributed by atoms with Crippen LogP contribution in [0.4, 0.5) is 5.69 Å². The molecule has 4 aromatic carbocycles. The van der Waals surface area contributed by atoms with Crippen LogP contribution in [-0.2, 0) is 21.4 Å². The molecule has 0 spiro atoms. The quantitative estimate of drug-likeness (QED) is 0.105. The van der Waals surface area contributed by atoms with Gasteiger partial charge in [-0.3, -0.25) is 9.10 Å². The molecule has 0 aliphatic carbocycles. The summed E-state index contributed by atoms with van der Waals surface area (Å²) in [5.74, 6) is 0.654. The lowest BCUT2D eigenvalue weighted by atomic mass is 10.2. The number of anilines is 1. The molecule has 4 aromatic rings. The van der Waals surface area contributed by atoms with E-state index in [0.29, 0.717) is 35.4 Å². The Labute approximate surface area is 255 Å². The molecule has 4 rings (SSSR count). The predicted molar refractivity (Wildman–Crippen MR) is 168 cm³/mol. The molecule has 8 nitrogen and oxygen atoms in total. The summed E-state index contributed by atoms with van der Waals surface area (Å²) in [6.45, 7) is 2.23. The minimum absolute atomic E-state index is 0.0724. The fourth-order valence-electron chi connectivity index (χ4n) is 3.85. The van der Waals surface area contributed by atoms with Gasteiger partial charge in [0, 0.05) is 9.92 Å². The van der Waals surface area contributed by atoms with E-state index in [4.69, 9.17) is 21.1 Å². The van der Waals surface area contributed by atoms with Crippen molar-refractivity contribution in [2.24, 2.45) is 5.10 Å². The number of nitrogens with zero attached hydrogens (tertiary/aromatic N) is 2. The Hall–Kier alpha value is -3.99. The molecule has 0 unspecified atom stereocenters. The molecule has 0 fully saturated rings. The minimum Gasteiger partial charge on any atom is -0.494 e. The summed E-state index contributed by atoms with van der Waals surface area (Å²) < 4.78 is 39.5. The monoisotopic (exact) mass is 623 g/mol. The van der Waals surface area contributed by atoms with E-state index in [-0.39, 0.29) is 4.90 Å². The molecule has 0 aromatic heterocycles. The van der Waals surface area contributed by atoms with Gasteiger partial charge in [-0.2, -0.15) is 5.10 Å². The van der Waals surface area contributed by atoms with Gasteiger partial charge in [0.15, 0.2) is 0 Å². The van der Waals surface area contributed by atoms with Crippen molar-refractivity contribution in [1.29, 1.82) is 0 Å². The first-order valence-corrected chi connectivity index (χ1v) is 16.0. The topological polar surface area (TPSA) is 97.3 Å². The number of halogens is 1. The van der Waals surface area contributed by atoms with Crippen LogP contribution < -0.4 is 19.2 Å². The summed E-state index contributed by atoms with van der Waals surface area (Å²) in [4.78, 5) is 13.9.